The van der Waals surface area contributed by atoms with E-state index in [-0.39, 0.29) is 0 Å². The zero-order valence-corrected chi connectivity index (χ0v) is 29.9. The highest BCUT2D eigenvalue weighted by molar-refractivity contribution is 6.19. The van der Waals surface area contributed by atoms with Crippen molar-refractivity contribution in [2.75, 3.05) is 4.90 Å². The molecular formula is C52H34N2O. The summed E-state index contributed by atoms with van der Waals surface area (Å²) in [6.45, 7) is 0. The first-order valence-corrected chi connectivity index (χ1v) is 18.8. The first-order valence-electron chi connectivity index (χ1n) is 18.8. The van der Waals surface area contributed by atoms with Gasteiger partial charge in [-0.1, -0.05) is 152 Å². The maximum Gasteiger partial charge on any atom is 0.143 e. The van der Waals surface area contributed by atoms with Crippen molar-refractivity contribution in [2.45, 2.75) is 0 Å². The van der Waals surface area contributed by atoms with Crippen LogP contribution in [0.2, 0.25) is 0 Å². The Labute approximate surface area is 318 Å². The third kappa shape index (κ3) is 4.98. The summed E-state index contributed by atoms with van der Waals surface area (Å²) < 4.78 is 8.98. The normalized spacial score (nSPS) is 11.6. The quantitative estimate of drug-likeness (QED) is 0.172. The molecule has 0 atom stereocenters. The maximum absolute atomic E-state index is 6.56. The van der Waals surface area contributed by atoms with Gasteiger partial charge in [-0.05, 0) is 76.7 Å². The van der Waals surface area contributed by atoms with Crippen molar-refractivity contribution >= 4 is 71.6 Å². The summed E-state index contributed by atoms with van der Waals surface area (Å²) in [6, 6.07) is 73.9. The molecule has 0 aliphatic rings. The predicted molar refractivity (Wildman–Crippen MR) is 231 cm³/mol. The van der Waals surface area contributed by atoms with E-state index in [2.05, 4.69) is 216 Å². The summed E-state index contributed by atoms with van der Waals surface area (Å²) in [5.74, 6) is 0. The van der Waals surface area contributed by atoms with Crippen LogP contribution in [-0.2, 0) is 0 Å². The predicted octanol–water partition coefficient (Wildman–Crippen LogP) is 14.6. The third-order valence-corrected chi connectivity index (χ3v) is 11.0. The Bertz CT molecular complexity index is 3150. The summed E-state index contributed by atoms with van der Waals surface area (Å²) in [5, 5.41) is 7.06. The molecule has 0 aliphatic heterocycles. The van der Waals surface area contributed by atoms with Gasteiger partial charge in [0.2, 0.25) is 0 Å². The second-order valence-corrected chi connectivity index (χ2v) is 14.1. The molecule has 9 aromatic carbocycles. The molecule has 0 saturated heterocycles. The SMILES string of the molecule is c1ccc(-c2ccccc2N(c2ccc(-c3cccc4oc5c6ccccc6ccc5c34)cc2)c2ccccc2-n2c3ccccc3c3ccccc32)cc1. The fraction of sp³-hybridized carbons (Fsp3) is 0. The number of hydrogen-bond donors (Lipinski definition) is 0. The molecule has 0 amide bonds. The Morgan fingerprint density at radius 1 is 0.382 bits per heavy atom. The zero-order chi connectivity index (χ0) is 36.3. The van der Waals surface area contributed by atoms with E-state index in [0.29, 0.717) is 0 Å². The molecule has 11 aromatic rings. The third-order valence-electron chi connectivity index (χ3n) is 11.0. The van der Waals surface area contributed by atoms with Crippen molar-refractivity contribution in [3.63, 3.8) is 0 Å². The van der Waals surface area contributed by atoms with E-state index in [1.807, 2.05) is 0 Å². The minimum atomic E-state index is 0.895. The Balaban J connectivity index is 1.13. The maximum atomic E-state index is 6.56. The van der Waals surface area contributed by atoms with Crippen molar-refractivity contribution in [1.82, 2.24) is 4.57 Å². The molecule has 0 saturated carbocycles. The van der Waals surface area contributed by atoms with Crippen LogP contribution in [0.25, 0.3) is 82.5 Å². The molecule has 11 rings (SSSR count). The van der Waals surface area contributed by atoms with Crippen LogP contribution < -0.4 is 4.90 Å². The number of benzene rings is 9. The molecule has 0 N–H and O–H groups in total. The lowest BCUT2D eigenvalue weighted by Crippen LogP contribution is -2.14. The van der Waals surface area contributed by atoms with Gasteiger partial charge in [0.25, 0.3) is 0 Å². The van der Waals surface area contributed by atoms with Crippen LogP contribution in [0.3, 0.4) is 0 Å². The van der Waals surface area contributed by atoms with Gasteiger partial charge < -0.3 is 13.9 Å². The Morgan fingerprint density at radius 3 is 1.76 bits per heavy atom. The summed E-state index contributed by atoms with van der Waals surface area (Å²) in [4.78, 5) is 2.42. The van der Waals surface area contributed by atoms with E-state index in [9.17, 15) is 0 Å². The van der Waals surface area contributed by atoms with Gasteiger partial charge in [-0.15, -0.1) is 0 Å². The zero-order valence-electron chi connectivity index (χ0n) is 29.9. The Morgan fingerprint density at radius 2 is 0.982 bits per heavy atom. The van der Waals surface area contributed by atoms with E-state index in [1.165, 1.54) is 32.8 Å². The van der Waals surface area contributed by atoms with Crippen LogP contribution in [0.1, 0.15) is 0 Å². The second-order valence-electron chi connectivity index (χ2n) is 14.1. The van der Waals surface area contributed by atoms with Crippen LogP contribution in [-0.4, -0.2) is 4.57 Å². The molecule has 2 heterocycles. The minimum Gasteiger partial charge on any atom is -0.455 e. The van der Waals surface area contributed by atoms with E-state index >= 15 is 0 Å². The monoisotopic (exact) mass is 702 g/mol. The molecule has 0 bridgehead atoms. The van der Waals surface area contributed by atoms with Crippen molar-refractivity contribution < 1.29 is 4.42 Å². The number of rotatable bonds is 6. The second kappa shape index (κ2) is 12.6. The van der Waals surface area contributed by atoms with Crippen molar-refractivity contribution in [1.29, 1.82) is 0 Å². The van der Waals surface area contributed by atoms with Crippen LogP contribution in [0, 0.1) is 0 Å². The van der Waals surface area contributed by atoms with Crippen LogP contribution in [0.4, 0.5) is 17.1 Å². The van der Waals surface area contributed by atoms with E-state index in [1.54, 1.807) is 0 Å². The van der Waals surface area contributed by atoms with E-state index < -0.39 is 0 Å². The van der Waals surface area contributed by atoms with Gasteiger partial charge >= 0.3 is 0 Å². The van der Waals surface area contributed by atoms with Crippen LogP contribution >= 0.6 is 0 Å². The van der Waals surface area contributed by atoms with Gasteiger partial charge in [-0.2, -0.15) is 0 Å². The number of hydrogen-bond acceptors (Lipinski definition) is 2. The average molecular weight is 703 g/mol. The van der Waals surface area contributed by atoms with E-state index in [4.69, 9.17) is 4.42 Å². The van der Waals surface area contributed by atoms with Gasteiger partial charge in [-0.3, -0.25) is 0 Å². The summed E-state index contributed by atoms with van der Waals surface area (Å²) >= 11 is 0. The van der Waals surface area contributed by atoms with Crippen molar-refractivity contribution in [3.8, 4) is 27.9 Å². The highest BCUT2D eigenvalue weighted by atomic mass is 16.3. The topological polar surface area (TPSA) is 21.3 Å². The molecule has 0 spiro atoms. The molecule has 0 fully saturated rings. The number of para-hydroxylation sites is 5. The molecule has 0 unspecified atom stereocenters. The van der Waals surface area contributed by atoms with Gasteiger partial charge in [0, 0.05) is 38.2 Å². The van der Waals surface area contributed by atoms with Crippen LogP contribution in [0.15, 0.2) is 211 Å². The molecule has 3 nitrogen and oxygen atoms in total. The number of aromatic nitrogens is 1. The number of anilines is 3. The first-order chi connectivity index (χ1) is 27.3. The first kappa shape index (κ1) is 31.2. The largest absolute Gasteiger partial charge is 0.455 e. The molecule has 258 valence electrons. The van der Waals surface area contributed by atoms with Gasteiger partial charge in [0.15, 0.2) is 0 Å². The van der Waals surface area contributed by atoms with Gasteiger partial charge in [0.05, 0.1) is 28.1 Å². The highest BCUT2D eigenvalue weighted by Crippen LogP contribution is 2.46. The molecule has 0 radical (unpaired) electrons. The summed E-state index contributed by atoms with van der Waals surface area (Å²) in [6.07, 6.45) is 0. The standard InChI is InChI=1S/C52H34N2O/c1-2-15-35(16-3-1)39-18-6-9-23-45(39)53(48-26-12-13-27-49(48)54-46-24-10-7-20-42(46)43-21-8-11-25-47(43)54)38-32-29-37(30-33-38)40-22-14-28-50-51(40)44-34-31-36-17-4-5-19-41(36)52(44)55-50/h1-34H. The lowest BCUT2D eigenvalue weighted by atomic mass is 9.97. The molecule has 0 aliphatic carbocycles. The lowest BCUT2D eigenvalue weighted by Gasteiger charge is -2.30. The fourth-order valence-electron chi connectivity index (χ4n) is 8.55. The minimum absolute atomic E-state index is 0.895. The van der Waals surface area contributed by atoms with Gasteiger partial charge in [0.1, 0.15) is 11.2 Å². The smallest absolute Gasteiger partial charge is 0.143 e. The Kier molecular flexibility index (Phi) is 7.17. The molecular weight excluding hydrogens is 669 g/mol. The van der Waals surface area contributed by atoms with Crippen LogP contribution in [0.5, 0.6) is 0 Å². The lowest BCUT2D eigenvalue weighted by molar-refractivity contribution is 0.673. The van der Waals surface area contributed by atoms with Gasteiger partial charge in [-0.25, -0.2) is 0 Å². The fourth-order valence-corrected chi connectivity index (χ4v) is 8.55. The summed E-state index contributed by atoms with van der Waals surface area (Å²) in [7, 11) is 0. The molecule has 2 aromatic heterocycles. The highest BCUT2D eigenvalue weighted by Gasteiger charge is 2.23. The van der Waals surface area contributed by atoms with Crippen molar-refractivity contribution in [3.05, 3.63) is 206 Å². The number of fused-ring (bicyclic) bond motifs is 8. The summed E-state index contributed by atoms with van der Waals surface area (Å²) in [5.41, 5.74) is 13.2. The number of furan rings is 1. The average Bonchev–Trinajstić information content (AvgIpc) is 3.81. The molecule has 3 heteroatoms. The number of nitrogens with zero attached hydrogens (tertiary/aromatic N) is 2. The van der Waals surface area contributed by atoms with E-state index in [0.717, 1.165) is 66.8 Å². The Hall–Kier alpha value is -7.36. The molecule has 55 heavy (non-hydrogen) atoms. The van der Waals surface area contributed by atoms with Crippen molar-refractivity contribution in [2.24, 2.45) is 0 Å².